The van der Waals surface area contributed by atoms with E-state index in [0.717, 1.165) is 0 Å². The van der Waals surface area contributed by atoms with Crippen LogP contribution >= 0.6 is 0 Å². The minimum absolute atomic E-state index is 0.0674. The molecular formula is C12H18N2O2. The van der Waals surface area contributed by atoms with Gasteiger partial charge in [0.2, 0.25) is 0 Å². The number of oxazole rings is 1. The number of hydrogen-bond acceptors (Lipinski definition) is 4. The molecule has 0 saturated carbocycles. The highest BCUT2D eigenvalue weighted by Gasteiger charge is 2.06. The first-order valence-electron chi connectivity index (χ1n) is 5.25. The number of hydrogen-bond donors (Lipinski definition) is 1. The Labute approximate surface area is 95.8 Å². The standard InChI is InChI=1S/C12H18N2O2/c1-5-11(13)12(16-8(2)3)6-10-7-15-9(4)14-10/h5-8H,13H2,1-4H3/b11-5+,12-6+. The minimum Gasteiger partial charge on any atom is -0.489 e. The van der Waals surface area contributed by atoms with Crippen LogP contribution in [0, 0.1) is 6.92 Å². The molecule has 0 unspecified atom stereocenters. The maximum Gasteiger partial charge on any atom is 0.191 e. The SMILES string of the molecule is C/C=C(N)\C(=C/c1coc(C)n1)OC(C)C. The van der Waals surface area contributed by atoms with Gasteiger partial charge in [0.15, 0.2) is 5.89 Å². The van der Waals surface area contributed by atoms with Crippen LogP contribution in [-0.4, -0.2) is 11.1 Å². The summed E-state index contributed by atoms with van der Waals surface area (Å²) < 4.78 is 10.7. The van der Waals surface area contributed by atoms with Crippen molar-refractivity contribution in [3.05, 3.63) is 35.4 Å². The van der Waals surface area contributed by atoms with E-state index in [2.05, 4.69) is 4.98 Å². The summed E-state index contributed by atoms with van der Waals surface area (Å²) in [4.78, 5) is 4.17. The van der Waals surface area contributed by atoms with Crippen molar-refractivity contribution in [3.63, 3.8) is 0 Å². The zero-order chi connectivity index (χ0) is 12.1. The van der Waals surface area contributed by atoms with Crippen molar-refractivity contribution >= 4 is 6.08 Å². The average molecular weight is 222 g/mol. The Kier molecular flexibility index (Phi) is 4.17. The second-order valence-electron chi connectivity index (χ2n) is 3.71. The molecule has 88 valence electrons. The topological polar surface area (TPSA) is 61.3 Å². The van der Waals surface area contributed by atoms with Gasteiger partial charge in [0.25, 0.3) is 0 Å². The Bertz CT molecular complexity index is 403. The first-order chi connectivity index (χ1) is 7.52. The Morgan fingerprint density at radius 3 is 2.69 bits per heavy atom. The molecule has 1 aromatic heterocycles. The molecule has 0 bridgehead atoms. The number of rotatable bonds is 4. The van der Waals surface area contributed by atoms with E-state index in [0.29, 0.717) is 23.0 Å². The van der Waals surface area contributed by atoms with Gasteiger partial charge in [-0.25, -0.2) is 4.98 Å². The van der Waals surface area contributed by atoms with E-state index in [9.17, 15) is 0 Å². The van der Waals surface area contributed by atoms with Gasteiger partial charge >= 0.3 is 0 Å². The summed E-state index contributed by atoms with van der Waals surface area (Å²) in [6.07, 6.45) is 5.20. The number of ether oxygens (including phenoxy) is 1. The van der Waals surface area contributed by atoms with E-state index >= 15 is 0 Å². The quantitative estimate of drug-likeness (QED) is 0.628. The van der Waals surface area contributed by atoms with Crippen LogP contribution < -0.4 is 5.73 Å². The number of aromatic nitrogens is 1. The summed E-state index contributed by atoms with van der Waals surface area (Å²) in [5.74, 6) is 1.24. The second kappa shape index (κ2) is 5.39. The Balaban J connectivity index is 2.96. The zero-order valence-electron chi connectivity index (χ0n) is 10.2. The molecule has 0 spiro atoms. The summed E-state index contributed by atoms with van der Waals surface area (Å²) >= 11 is 0. The van der Waals surface area contributed by atoms with Gasteiger partial charge in [-0.1, -0.05) is 6.08 Å². The fraction of sp³-hybridized carbons (Fsp3) is 0.417. The van der Waals surface area contributed by atoms with Crippen LogP contribution in [0.25, 0.3) is 6.08 Å². The summed E-state index contributed by atoms with van der Waals surface area (Å²) in [7, 11) is 0. The van der Waals surface area contributed by atoms with Crippen LogP contribution in [0.5, 0.6) is 0 Å². The van der Waals surface area contributed by atoms with Crippen molar-refractivity contribution < 1.29 is 9.15 Å². The molecule has 0 atom stereocenters. The van der Waals surface area contributed by atoms with Crippen LogP contribution in [0.3, 0.4) is 0 Å². The molecule has 2 N–H and O–H groups in total. The summed E-state index contributed by atoms with van der Waals surface area (Å²) in [5, 5.41) is 0. The van der Waals surface area contributed by atoms with Crippen molar-refractivity contribution in [1.29, 1.82) is 0 Å². The monoisotopic (exact) mass is 222 g/mol. The van der Waals surface area contributed by atoms with Crippen molar-refractivity contribution in [2.24, 2.45) is 5.73 Å². The van der Waals surface area contributed by atoms with Crippen molar-refractivity contribution in [2.45, 2.75) is 33.8 Å². The maximum atomic E-state index is 5.83. The van der Waals surface area contributed by atoms with Gasteiger partial charge in [0.1, 0.15) is 17.7 Å². The van der Waals surface area contributed by atoms with Crippen molar-refractivity contribution in [1.82, 2.24) is 4.98 Å². The molecule has 4 nitrogen and oxygen atoms in total. The van der Waals surface area contributed by atoms with Crippen LogP contribution in [-0.2, 0) is 4.74 Å². The van der Waals surface area contributed by atoms with E-state index < -0.39 is 0 Å². The zero-order valence-corrected chi connectivity index (χ0v) is 10.2. The third kappa shape index (κ3) is 3.46. The molecule has 1 heterocycles. The number of nitrogens with zero attached hydrogens (tertiary/aromatic N) is 1. The summed E-state index contributed by atoms with van der Waals surface area (Å²) in [6, 6.07) is 0. The van der Waals surface area contributed by atoms with Gasteiger partial charge in [-0.3, -0.25) is 0 Å². The molecule has 0 fully saturated rings. The van der Waals surface area contributed by atoms with E-state index in [-0.39, 0.29) is 6.10 Å². The fourth-order valence-electron chi connectivity index (χ4n) is 1.16. The molecule has 0 aliphatic rings. The predicted octanol–water partition coefficient (Wildman–Crippen LogP) is 2.61. The molecule has 0 aliphatic heterocycles. The lowest BCUT2D eigenvalue weighted by atomic mass is 10.3. The van der Waals surface area contributed by atoms with Gasteiger partial charge in [-0.15, -0.1) is 0 Å². The highest BCUT2D eigenvalue weighted by atomic mass is 16.5. The third-order valence-corrected chi connectivity index (χ3v) is 1.87. The van der Waals surface area contributed by atoms with E-state index in [4.69, 9.17) is 14.9 Å². The normalized spacial score (nSPS) is 13.3. The molecule has 1 rings (SSSR count). The minimum atomic E-state index is 0.0674. The molecule has 0 aromatic carbocycles. The number of aryl methyl sites for hydroxylation is 1. The first kappa shape index (κ1) is 12.4. The van der Waals surface area contributed by atoms with E-state index in [1.807, 2.05) is 20.8 Å². The molecule has 0 amide bonds. The molecule has 1 aromatic rings. The van der Waals surface area contributed by atoms with Gasteiger partial charge in [0.05, 0.1) is 11.8 Å². The van der Waals surface area contributed by atoms with Gasteiger partial charge in [-0.2, -0.15) is 0 Å². The van der Waals surface area contributed by atoms with Crippen LogP contribution in [0.4, 0.5) is 0 Å². The maximum absolute atomic E-state index is 5.83. The predicted molar refractivity (Wildman–Crippen MR) is 63.4 cm³/mol. The van der Waals surface area contributed by atoms with Crippen LogP contribution in [0.2, 0.25) is 0 Å². The lowest BCUT2D eigenvalue weighted by Gasteiger charge is -2.13. The van der Waals surface area contributed by atoms with Gasteiger partial charge < -0.3 is 14.9 Å². The molecule has 0 saturated heterocycles. The van der Waals surface area contributed by atoms with E-state index in [1.54, 1.807) is 25.3 Å². The lowest BCUT2D eigenvalue weighted by Crippen LogP contribution is -2.09. The van der Waals surface area contributed by atoms with E-state index in [1.165, 1.54) is 0 Å². The van der Waals surface area contributed by atoms with Crippen molar-refractivity contribution in [3.8, 4) is 0 Å². The molecular weight excluding hydrogens is 204 g/mol. The smallest absolute Gasteiger partial charge is 0.191 e. The van der Waals surface area contributed by atoms with Crippen LogP contribution in [0.15, 0.2) is 28.2 Å². The lowest BCUT2D eigenvalue weighted by molar-refractivity contribution is 0.156. The third-order valence-electron chi connectivity index (χ3n) is 1.87. The van der Waals surface area contributed by atoms with Gasteiger partial charge in [-0.05, 0) is 20.8 Å². The first-order valence-corrected chi connectivity index (χ1v) is 5.25. The Morgan fingerprint density at radius 2 is 2.25 bits per heavy atom. The fourth-order valence-corrected chi connectivity index (χ4v) is 1.16. The van der Waals surface area contributed by atoms with Crippen LogP contribution in [0.1, 0.15) is 32.4 Å². The summed E-state index contributed by atoms with van der Waals surface area (Å²) in [5.41, 5.74) is 7.13. The summed E-state index contributed by atoms with van der Waals surface area (Å²) in [6.45, 7) is 7.55. The van der Waals surface area contributed by atoms with Gasteiger partial charge in [0, 0.05) is 13.0 Å². The largest absolute Gasteiger partial charge is 0.489 e. The highest BCUT2D eigenvalue weighted by molar-refractivity contribution is 5.51. The number of allylic oxidation sites excluding steroid dienone is 1. The molecule has 4 heteroatoms. The number of nitrogens with two attached hydrogens (primary N) is 1. The average Bonchev–Trinajstić information content (AvgIpc) is 2.61. The van der Waals surface area contributed by atoms with Crippen molar-refractivity contribution in [2.75, 3.05) is 0 Å². The Hall–Kier alpha value is -1.71. The molecule has 16 heavy (non-hydrogen) atoms. The highest BCUT2D eigenvalue weighted by Crippen LogP contribution is 2.14. The second-order valence-corrected chi connectivity index (χ2v) is 3.71. The molecule has 0 radical (unpaired) electrons. The Morgan fingerprint density at radius 1 is 1.56 bits per heavy atom. The molecule has 0 aliphatic carbocycles.